The van der Waals surface area contributed by atoms with Crippen LogP contribution < -0.4 is 10.4 Å². The third-order valence-corrected chi connectivity index (χ3v) is 5.43. The highest BCUT2D eigenvalue weighted by Gasteiger charge is 2.00. The molecule has 0 aliphatic carbocycles. The molecule has 0 saturated carbocycles. The third kappa shape index (κ3) is 10.00. The van der Waals surface area contributed by atoms with Gasteiger partial charge in [-0.1, -0.05) is 40.5 Å². The molecular formula is C29H38O3. The smallest absolute Gasteiger partial charge is 0.336 e. The van der Waals surface area contributed by atoms with Crippen molar-refractivity contribution in [3.05, 3.63) is 87.3 Å². The molecule has 0 bridgehead atoms. The molecule has 1 heterocycles. The first-order valence-electron chi connectivity index (χ1n) is 11.6. The molecule has 0 aliphatic heterocycles. The van der Waals surface area contributed by atoms with Crippen LogP contribution in [-0.4, -0.2) is 6.61 Å². The second kappa shape index (κ2) is 13.6. The molecule has 3 heteroatoms. The summed E-state index contributed by atoms with van der Waals surface area (Å²) in [5.41, 5.74) is 5.86. The molecule has 0 radical (unpaired) electrons. The lowest BCUT2D eigenvalue weighted by molar-refractivity contribution is 0.361. The fraction of sp³-hybridized carbons (Fsp3) is 0.414. The summed E-state index contributed by atoms with van der Waals surface area (Å²) in [5.74, 6) is 0.704. The summed E-state index contributed by atoms with van der Waals surface area (Å²) in [6.45, 7) is 11.4. The van der Waals surface area contributed by atoms with Gasteiger partial charge < -0.3 is 9.15 Å². The maximum Gasteiger partial charge on any atom is 0.336 e. The zero-order chi connectivity index (χ0) is 23.3. The van der Waals surface area contributed by atoms with Gasteiger partial charge in [-0.15, -0.1) is 0 Å². The average molecular weight is 435 g/mol. The molecule has 1 aromatic carbocycles. The Morgan fingerprint density at radius 2 is 1.34 bits per heavy atom. The predicted molar refractivity (Wildman–Crippen MR) is 136 cm³/mol. The molecule has 0 atom stereocenters. The van der Waals surface area contributed by atoms with E-state index in [9.17, 15) is 4.79 Å². The van der Waals surface area contributed by atoms with Crippen molar-refractivity contribution >= 4 is 11.0 Å². The molecule has 0 N–H and O–H groups in total. The number of rotatable bonds is 12. The minimum atomic E-state index is -0.348. The summed E-state index contributed by atoms with van der Waals surface area (Å²) in [4.78, 5) is 11.4. The van der Waals surface area contributed by atoms with Gasteiger partial charge in [-0.25, -0.2) is 4.79 Å². The predicted octanol–water partition coefficient (Wildman–Crippen LogP) is 8.32. The summed E-state index contributed by atoms with van der Waals surface area (Å²) in [6, 6.07) is 8.75. The summed E-state index contributed by atoms with van der Waals surface area (Å²) < 4.78 is 11.0. The van der Waals surface area contributed by atoms with Gasteiger partial charge in [0, 0.05) is 17.5 Å². The van der Waals surface area contributed by atoms with Crippen molar-refractivity contribution in [3.63, 3.8) is 0 Å². The van der Waals surface area contributed by atoms with Crippen molar-refractivity contribution in [2.24, 2.45) is 0 Å². The van der Waals surface area contributed by atoms with Crippen LogP contribution in [0, 0.1) is 0 Å². The Balaban J connectivity index is 1.70. The number of hydrogen-bond acceptors (Lipinski definition) is 3. The fourth-order valence-electron chi connectivity index (χ4n) is 3.40. The quantitative estimate of drug-likeness (QED) is 0.249. The van der Waals surface area contributed by atoms with E-state index >= 15 is 0 Å². The van der Waals surface area contributed by atoms with Crippen LogP contribution in [0.3, 0.4) is 0 Å². The largest absolute Gasteiger partial charge is 0.489 e. The average Bonchev–Trinajstić information content (AvgIpc) is 2.73. The number of ether oxygens (including phenoxy) is 1. The van der Waals surface area contributed by atoms with Crippen molar-refractivity contribution in [3.8, 4) is 5.75 Å². The summed E-state index contributed by atoms with van der Waals surface area (Å²) in [5, 5.41) is 0.889. The maximum absolute atomic E-state index is 11.4. The molecule has 2 rings (SSSR count). The number of fused-ring (bicyclic) bond motifs is 1. The second-order valence-electron chi connectivity index (χ2n) is 8.81. The Hall–Kier alpha value is -2.81. The van der Waals surface area contributed by atoms with Gasteiger partial charge in [0.15, 0.2) is 0 Å². The van der Waals surface area contributed by atoms with Gasteiger partial charge >= 0.3 is 5.63 Å². The number of hydrogen-bond donors (Lipinski definition) is 0. The molecule has 0 saturated heterocycles. The van der Waals surface area contributed by atoms with E-state index in [1.807, 2.05) is 12.1 Å². The van der Waals surface area contributed by atoms with Crippen LogP contribution >= 0.6 is 0 Å². The minimum absolute atomic E-state index is 0.348. The summed E-state index contributed by atoms with van der Waals surface area (Å²) in [7, 11) is 0. The molecular weight excluding hydrogens is 396 g/mol. The minimum Gasteiger partial charge on any atom is -0.489 e. The molecule has 0 amide bonds. The SMILES string of the molecule is CC(C)=CCC/C(C)=C/CC/C(C)=C/CC/C(C)=C/COc1ccc2ccc(=O)oc2c1. The summed E-state index contributed by atoms with van der Waals surface area (Å²) in [6.07, 6.45) is 15.8. The lowest BCUT2D eigenvalue weighted by Gasteiger charge is -2.06. The Bertz CT molecular complexity index is 1040. The Kier molecular flexibility index (Phi) is 10.8. The first-order valence-corrected chi connectivity index (χ1v) is 11.6. The fourth-order valence-corrected chi connectivity index (χ4v) is 3.40. The van der Waals surface area contributed by atoms with E-state index in [4.69, 9.17) is 9.15 Å². The highest BCUT2D eigenvalue weighted by atomic mass is 16.5. The lowest BCUT2D eigenvalue weighted by atomic mass is 10.0. The lowest BCUT2D eigenvalue weighted by Crippen LogP contribution is -1.97. The van der Waals surface area contributed by atoms with E-state index in [0.717, 1.165) is 43.9 Å². The second-order valence-corrected chi connectivity index (χ2v) is 8.81. The van der Waals surface area contributed by atoms with Gasteiger partial charge in [0.05, 0.1) is 0 Å². The van der Waals surface area contributed by atoms with Gasteiger partial charge in [0.2, 0.25) is 0 Å². The van der Waals surface area contributed by atoms with E-state index in [1.54, 1.807) is 12.1 Å². The van der Waals surface area contributed by atoms with Gasteiger partial charge in [0.1, 0.15) is 17.9 Å². The van der Waals surface area contributed by atoms with Crippen molar-refractivity contribution in [1.82, 2.24) is 0 Å². The van der Waals surface area contributed by atoms with Crippen molar-refractivity contribution in [2.75, 3.05) is 6.61 Å². The van der Waals surface area contributed by atoms with E-state index < -0.39 is 0 Å². The van der Waals surface area contributed by atoms with Gasteiger partial charge in [0.25, 0.3) is 0 Å². The zero-order valence-electron chi connectivity index (χ0n) is 20.4. The first kappa shape index (κ1) is 25.5. The molecule has 2 aromatic rings. The molecule has 0 unspecified atom stereocenters. The molecule has 0 spiro atoms. The monoisotopic (exact) mass is 434 g/mol. The molecule has 1 aromatic heterocycles. The van der Waals surface area contributed by atoms with E-state index in [1.165, 1.54) is 28.4 Å². The van der Waals surface area contributed by atoms with Crippen molar-refractivity contribution < 1.29 is 9.15 Å². The van der Waals surface area contributed by atoms with Gasteiger partial charge in [-0.05, 0) is 97.4 Å². The van der Waals surface area contributed by atoms with E-state index in [2.05, 4.69) is 58.9 Å². The van der Waals surface area contributed by atoms with Crippen molar-refractivity contribution in [1.29, 1.82) is 0 Å². The van der Waals surface area contributed by atoms with Crippen LogP contribution in [0.5, 0.6) is 5.75 Å². The number of allylic oxidation sites excluding steroid dienone is 7. The molecule has 0 fully saturated rings. The van der Waals surface area contributed by atoms with Crippen LogP contribution in [0.1, 0.15) is 73.1 Å². The van der Waals surface area contributed by atoms with Crippen LogP contribution in [-0.2, 0) is 0 Å². The topological polar surface area (TPSA) is 39.4 Å². The summed E-state index contributed by atoms with van der Waals surface area (Å²) >= 11 is 0. The Morgan fingerprint density at radius 1 is 0.781 bits per heavy atom. The first-order chi connectivity index (χ1) is 15.3. The normalized spacial score (nSPS) is 12.8. The van der Waals surface area contributed by atoms with Crippen LogP contribution in [0.25, 0.3) is 11.0 Å². The third-order valence-electron chi connectivity index (χ3n) is 5.43. The Labute approximate surface area is 193 Å². The van der Waals surface area contributed by atoms with Gasteiger partial charge in [-0.3, -0.25) is 0 Å². The number of benzene rings is 1. The molecule has 172 valence electrons. The molecule has 3 nitrogen and oxygen atoms in total. The molecule has 32 heavy (non-hydrogen) atoms. The highest BCUT2D eigenvalue weighted by molar-refractivity contribution is 5.77. The van der Waals surface area contributed by atoms with Gasteiger partial charge in [-0.2, -0.15) is 0 Å². The van der Waals surface area contributed by atoms with Crippen LogP contribution in [0.2, 0.25) is 0 Å². The standard InChI is InChI=1S/C29H38O3/c1-22(2)9-6-10-23(3)11-7-12-24(4)13-8-14-25(5)19-20-31-27-17-15-26-16-18-29(30)32-28(26)21-27/h9,11,13,15-19,21H,6-8,10,12,14,20H2,1-5H3/b23-11+,24-13+,25-19+. The van der Waals surface area contributed by atoms with E-state index in [0.29, 0.717) is 17.9 Å². The van der Waals surface area contributed by atoms with Crippen LogP contribution in [0.4, 0.5) is 0 Å². The highest BCUT2D eigenvalue weighted by Crippen LogP contribution is 2.20. The van der Waals surface area contributed by atoms with E-state index in [-0.39, 0.29) is 5.63 Å². The zero-order valence-corrected chi connectivity index (χ0v) is 20.4. The Morgan fingerprint density at radius 3 is 1.97 bits per heavy atom. The van der Waals surface area contributed by atoms with Crippen LogP contribution in [0.15, 0.2) is 86.1 Å². The van der Waals surface area contributed by atoms with Crippen molar-refractivity contribution in [2.45, 2.75) is 73.1 Å². The maximum atomic E-state index is 11.4. The molecule has 0 aliphatic rings.